The van der Waals surface area contributed by atoms with Crippen LogP contribution in [0.25, 0.3) is 16.9 Å². The third-order valence-electron chi connectivity index (χ3n) is 7.39. The van der Waals surface area contributed by atoms with Crippen molar-refractivity contribution in [3.05, 3.63) is 82.8 Å². The highest BCUT2D eigenvalue weighted by Gasteiger charge is 2.33. The number of hydrogen-bond acceptors (Lipinski definition) is 6. The van der Waals surface area contributed by atoms with Gasteiger partial charge in [-0.1, -0.05) is 36.4 Å². The SMILES string of the molecule is Cc1nc2ccccn2c1C(=O)N1CCN(c2nc(-c3ccccc3)c3c(c2C#N)CCOC3)CC1C. The third-order valence-corrected chi connectivity index (χ3v) is 7.39. The van der Waals surface area contributed by atoms with E-state index in [1.807, 2.05) is 71.0 Å². The van der Waals surface area contributed by atoms with Crippen LogP contribution in [0.1, 0.15) is 39.8 Å². The number of aryl methyl sites for hydroxylation is 1. The van der Waals surface area contributed by atoms with Crippen LogP contribution in [0, 0.1) is 18.3 Å². The van der Waals surface area contributed by atoms with Gasteiger partial charge in [-0.05, 0) is 38.0 Å². The number of aromatic nitrogens is 3. The summed E-state index contributed by atoms with van der Waals surface area (Å²) in [6, 6.07) is 18.2. The Morgan fingerprint density at radius 1 is 1.08 bits per heavy atom. The summed E-state index contributed by atoms with van der Waals surface area (Å²) in [7, 11) is 0. The highest BCUT2D eigenvalue weighted by molar-refractivity contribution is 5.95. The second-order valence-electron chi connectivity index (χ2n) is 9.66. The Labute approximate surface area is 215 Å². The van der Waals surface area contributed by atoms with Crippen molar-refractivity contribution in [3.8, 4) is 17.3 Å². The van der Waals surface area contributed by atoms with E-state index < -0.39 is 0 Å². The lowest BCUT2D eigenvalue weighted by molar-refractivity contribution is 0.0665. The fourth-order valence-electron chi connectivity index (χ4n) is 5.58. The topological polar surface area (TPSA) is 86.8 Å². The molecule has 0 radical (unpaired) electrons. The zero-order valence-corrected chi connectivity index (χ0v) is 21.0. The Kier molecular flexibility index (Phi) is 5.85. The predicted molar refractivity (Wildman–Crippen MR) is 140 cm³/mol. The van der Waals surface area contributed by atoms with Crippen LogP contribution in [0.5, 0.6) is 0 Å². The van der Waals surface area contributed by atoms with Crippen molar-refractivity contribution < 1.29 is 9.53 Å². The van der Waals surface area contributed by atoms with Crippen molar-refractivity contribution in [3.63, 3.8) is 0 Å². The molecule has 5 heterocycles. The first-order valence-corrected chi connectivity index (χ1v) is 12.7. The van der Waals surface area contributed by atoms with Gasteiger partial charge in [-0.25, -0.2) is 9.97 Å². The van der Waals surface area contributed by atoms with Gasteiger partial charge < -0.3 is 14.5 Å². The summed E-state index contributed by atoms with van der Waals surface area (Å²) in [6.07, 6.45) is 2.57. The molecule has 1 fully saturated rings. The van der Waals surface area contributed by atoms with E-state index in [9.17, 15) is 10.1 Å². The van der Waals surface area contributed by atoms with E-state index in [4.69, 9.17) is 9.72 Å². The van der Waals surface area contributed by atoms with Gasteiger partial charge in [0.25, 0.3) is 5.91 Å². The van der Waals surface area contributed by atoms with Crippen molar-refractivity contribution in [2.45, 2.75) is 32.9 Å². The van der Waals surface area contributed by atoms with Crippen molar-refractivity contribution in [1.29, 1.82) is 5.26 Å². The normalized spacial score (nSPS) is 17.5. The van der Waals surface area contributed by atoms with Crippen LogP contribution < -0.4 is 4.90 Å². The summed E-state index contributed by atoms with van der Waals surface area (Å²) >= 11 is 0. The maximum atomic E-state index is 13.7. The minimum atomic E-state index is -0.0669. The molecule has 6 rings (SSSR count). The number of imidazole rings is 1. The smallest absolute Gasteiger partial charge is 0.273 e. The monoisotopic (exact) mass is 492 g/mol. The molecule has 0 aliphatic carbocycles. The van der Waals surface area contributed by atoms with Gasteiger partial charge in [-0.15, -0.1) is 0 Å². The summed E-state index contributed by atoms with van der Waals surface area (Å²) in [6.45, 7) is 6.71. The Balaban J connectivity index is 1.34. The summed E-state index contributed by atoms with van der Waals surface area (Å²) in [5, 5.41) is 10.2. The maximum absolute atomic E-state index is 13.7. The number of nitriles is 1. The first-order chi connectivity index (χ1) is 18.1. The molecule has 4 aromatic rings. The Morgan fingerprint density at radius 3 is 2.68 bits per heavy atom. The largest absolute Gasteiger partial charge is 0.376 e. The molecule has 1 unspecified atom stereocenters. The quantitative estimate of drug-likeness (QED) is 0.430. The first kappa shape index (κ1) is 23.2. The Hall–Kier alpha value is -4.22. The summed E-state index contributed by atoms with van der Waals surface area (Å²) in [5.41, 5.74) is 6.65. The zero-order valence-electron chi connectivity index (χ0n) is 21.0. The van der Waals surface area contributed by atoms with E-state index in [0.717, 1.165) is 33.7 Å². The lowest BCUT2D eigenvalue weighted by Gasteiger charge is -2.41. The fraction of sp³-hybridized carbons (Fsp3) is 0.310. The number of anilines is 1. The summed E-state index contributed by atoms with van der Waals surface area (Å²) in [4.78, 5) is 27.4. The number of carbonyl (C=O) groups is 1. The summed E-state index contributed by atoms with van der Waals surface area (Å²) in [5.74, 6) is 0.677. The molecule has 0 spiro atoms. The molecule has 8 nitrogen and oxygen atoms in total. The lowest BCUT2D eigenvalue weighted by Crippen LogP contribution is -2.54. The molecule has 3 aromatic heterocycles. The lowest BCUT2D eigenvalue weighted by atomic mass is 9.93. The molecule has 2 aliphatic heterocycles. The molecule has 2 aliphatic rings. The molecule has 1 amide bonds. The van der Waals surface area contributed by atoms with Gasteiger partial charge in [0, 0.05) is 43.0 Å². The van der Waals surface area contributed by atoms with Crippen LogP contribution in [0.3, 0.4) is 0 Å². The number of benzene rings is 1. The number of fused-ring (bicyclic) bond motifs is 2. The number of ether oxygens (including phenoxy) is 1. The van der Waals surface area contributed by atoms with Crippen LogP contribution >= 0.6 is 0 Å². The number of piperazine rings is 1. The van der Waals surface area contributed by atoms with Gasteiger partial charge in [0.2, 0.25) is 0 Å². The molecule has 186 valence electrons. The van der Waals surface area contributed by atoms with Crippen LogP contribution in [-0.4, -0.2) is 57.5 Å². The zero-order chi connectivity index (χ0) is 25.5. The number of pyridine rings is 2. The van der Waals surface area contributed by atoms with Crippen LogP contribution in [0.15, 0.2) is 54.7 Å². The average Bonchev–Trinajstić information content (AvgIpc) is 3.27. The predicted octanol–water partition coefficient (Wildman–Crippen LogP) is 4.00. The molecule has 1 atom stereocenters. The molecule has 1 aromatic carbocycles. The van der Waals surface area contributed by atoms with E-state index >= 15 is 0 Å². The van der Waals surface area contributed by atoms with Gasteiger partial charge in [-0.2, -0.15) is 5.26 Å². The third kappa shape index (κ3) is 3.92. The van der Waals surface area contributed by atoms with Crippen molar-refractivity contribution in [2.24, 2.45) is 0 Å². The standard InChI is InChI=1S/C29H28N6O2/c1-19-17-33(13-14-34(19)29(36)27-20(2)31-25-10-6-7-12-35(25)27)28-23(16-30)22-11-15-37-18-24(22)26(32-28)21-8-4-3-5-9-21/h3-10,12,19H,11,13-15,17-18H2,1-2H3. The fourth-order valence-corrected chi connectivity index (χ4v) is 5.58. The molecule has 8 heteroatoms. The molecule has 1 saturated heterocycles. The van der Waals surface area contributed by atoms with E-state index in [-0.39, 0.29) is 11.9 Å². The number of amides is 1. The van der Waals surface area contributed by atoms with Crippen LogP contribution in [0.2, 0.25) is 0 Å². The van der Waals surface area contributed by atoms with E-state index in [2.05, 4.69) is 22.9 Å². The van der Waals surface area contributed by atoms with Crippen LogP contribution in [0.4, 0.5) is 5.82 Å². The van der Waals surface area contributed by atoms with Gasteiger partial charge in [-0.3, -0.25) is 9.20 Å². The Morgan fingerprint density at radius 2 is 1.89 bits per heavy atom. The van der Waals surface area contributed by atoms with E-state index in [0.29, 0.717) is 56.3 Å². The second-order valence-corrected chi connectivity index (χ2v) is 9.66. The van der Waals surface area contributed by atoms with Crippen molar-refractivity contribution >= 4 is 17.4 Å². The van der Waals surface area contributed by atoms with Gasteiger partial charge in [0.15, 0.2) is 0 Å². The highest BCUT2D eigenvalue weighted by Crippen LogP contribution is 2.35. The number of carbonyl (C=O) groups excluding carboxylic acids is 1. The van der Waals surface area contributed by atoms with Gasteiger partial charge >= 0.3 is 0 Å². The Bertz CT molecular complexity index is 1540. The van der Waals surface area contributed by atoms with Crippen LogP contribution in [-0.2, 0) is 17.8 Å². The molecular weight excluding hydrogens is 464 g/mol. The second kappa shape index (κ2) is 9.34. The maximum Gasteiger partial charge on any atom is 0.273 e. The number of nitrogens with zero attached hydrogens (tertiary/aromatic N) is 6. The summed E-state index contributed by atoms with van der Waals surface area (Å²) < 4.78 is 7.63. The van der Waals surface area contributed by atoms with E-state index in [1.54, 1.807) is 0 Å². The minimum absolute atomic E-state index is 0.0237. The molecular formula is C29H28N6O2. The molecule has 0 saturated carbocycles. The van der Waals surface area contributed by atoms with Gasteiger partial charge in [0.05, 0.1) is 30.2 Å². The first-order valence-electron chi connectivity index (χ1n) is 12.7. The van der Waals surface area contributed by atoms with E-state index in [1.165, 1.54) is 0 Å². The molecule has 0 N–H and O–H groups in total. The van der Waals surface area contributed by atoms with Crippen molar-refractivity contribution in [2.75, 3.05) is 31.1 Å². The van der Waals surface area contributed by atoms with Gasteiger partial charge in [0.1, 0.15) is 23.2 Å². The number of rotatable bonds is 3. The molecule has 37 heavy (non-hydrogen) atoms. The number of hydrogen-bond donors (Lipinski definition) is 0. The highest BCUT2D eigenvalue weighted by atomic mass is 16.5. The average molecular weight is 493 g/mol. The minimum Gasteiger partial charge on any atom is -0.376 e. The molecule has 0 bridgehead atoms. The van der Waals surface area contributed by atoms with Crippen molar-refractivity contribution in [1.82, 2.24) is 19.3 Å².